The van der Waals surface area contributed by atoms with Crippen LogP contribution in [0.1, 0.15) is 19.8 Å². The number of ketones is 1. The molecule has 4 nitrogen and oxygen atoms in total. The van der Waals surface area contributed by atoms with E-state index >= 15 is 0 Å². The number of Topliss-reactive ketones (excluding diaryl/α,β-unsaturated/α-hetero) is 1. The summed E-state index contributed by atoms with van der Waals surface area (Å²) >= 11 is 0. The van der Waals surface area contributed by atoms with Crippen LogP contribution in [0.4, 0.5) is 0 Å². The third-order valence-corrected chi connectivity index (χ3v) is 2.40. The van der Waals surface area contributed by atoms with Gasteiger partial charge in [-0.2, -0.15) is 0 Å². The van der Waals surface area contributed by atoms with Gasteiger partial charge in [-0.15, -0.1) is 0 Å². The molecule has 0 saturated carbocycles. The molecule has 0 radical (unpaired) electrons. The van der Waals surface area contributed by atoms with Crippen molar-refractivity contribution < 1.29 is 19.0 Å². The van der Waals surface area contributed by atoms with E-state index < -0.39 is 5.97 Å². The lowest BCUT2D eigenvalue weighted by molar-refractivity contribution is -0.449. The molecule has 3 aliphatic heterocycles. The van der Waals surface area contributed by atoms with E-state index in [0.717, 1.165) is 0 Å². The first kappa shape index (κ1) is 9.12. The van der Waals surface area contributed by atoms with E-state index in [9.17, 15) is 4.79 Å². The summed E-state index contributed by atoms with van der Waals surface area (Å²) in [6.45, 7) is 3.64. The van der Waals surface area contributed by atoms with Gasteiger partial charge in [0.2, 0.25) is 0 Å². The summed E-state index contributed by atoms with van der Waals surface area (Å²) in [5.74, 6) is -0.391. The Labute approximate surface area is 77.1 Å². The molecule has 0 unspecified atom stereocenters. The fraction of sp³-hybridized carbons (Fsp3) is 0.889. The van der Waals surface area contributed by atoms with Crippen LogP contribution in [0.15, 0.2) is 0 Å². The number of carbonyl (C=O) groups excluding carboxylic acids is 1. The van der Waals surface area contributed by atoms with E-state index in [1.54, 1.807) is 6.92 Å². The van der Waals surface area contributed by atoms with Crippen molar-refractivity contribution in [3.05, 3.63) is 0 Å². The van der Waals surface area contributed by atoms with Crippen LogP contribution in [0.25, 0.3) is 0 Å². The van der Waals surface area contributed by atoms with Crippen molar-refractivity contribution >= 4 is 5.78 Å². The third-order valence-electron chi connectivity index (χ3n) is 2.40. The Hall–Kier alpha value is -0.450. The van der Waals surface area contributed by atoms with Gasteiger partial charge in [0, 0.05) is 18.8 Å². The fourth-order valence-corrected chi connectivity index (χ4v) is 1.55. The number of rotatable bonds is 3. The molecule has 13 heavy (non-hydrogen) atoms. The average Bonchev–Trinajstić information content (AvgIpc) is 2.18. The highest BCUT2D eigenvalue weighted by Gasteiger charge is 2.44. The van der Waals surface area contributed by atoms with Gasteiger partial charge in [-0.05, 0) is 6.92 Å². The van der Waals surface area contributed by atoms with E-state index in [4.69, 9.17) is 14.2 Å². The smallest absolute Gasteiger partial charge is 0.283 e. The van der Waals surface area contributed by atoms with Crippen molar-refractivity contribution in [3.8, 4) is 0 Å². The van der Waals surface area contributed by atoms with E-state index in [1.165, 1.54) is 0 Å². The molecule has 74 valence electrons. The minimum absolute atomic E-state index is 0.137. The molecule has 0 N–H and O–H groups in total. The van der Waals surface area contributed by atoms with E-state index in [0.29, 0.717) is 38.6 Å². The van der Waals surface area contributed by atoms with Crippen molar-refractivity contribution in [3.63, 3.8) is 0 Å². The molecule has 3 aliphatic rings. The molecule has 0 amide bonds. The van der Waals surface area contributed by atoms with Crippen LogP contribution in [0.2, 0.25) is 0 Å². The maximum atomic E-state index is 10.8. The second-order valence-electron chi connectivity index (χ2n) is 3.68. The zero-order valence-electron chi connectivity index (χ0n) is 7.75. The Bertz CT molecular complexity index is 192. The van der Waals surface area contributed by atoms with Crippen molar-refractivity contribution in [2.24, 2.45) is 5.92 Å². The summed E-state index contributed by atoms with van der Waals surface area (Å²) in [6.07, 6.45) is 0.958. The Morgan fingerprint density at radius 2 is 1.85 bits per heavy atom. The van der Waals surface area contributed by atoms with Crippen LogP contribution in [-0.4, -0.2) is 31.6 Å². The molecule has 2 bridgehead atoms. The van der Waals surface area contributed by atoms with Crippen LogP contribution < -0.4 is 0 Å². The SMILES string of the molecule is CC(=O)CCC12OCC(CO1)CO2. The summed E-state index contributed by atoms with van der Waals surface area (Å²) in [7, 11) is 0. The van der Waals surface area contributed by atoms with Crippen molar-refractivity contribution in [2.45, 2.75) is 25.7 Å². The summed E-state index contributed by atoms with van der Waals surface area (Å²) in [6, 6.07) is 0. The number of fused-ring (bicyclic) bond motifs is 3. The first-order chi connectivity index (χ1) is 6.20. The highest BCUT2D eigenvalue weighted by molar-refractivity contribution is 5.75. The second kappa shape index (κ2) is 3.36. The Balaban J connectivity index is 1.91. The minimum Gasteiger partial charge on any atom is -0.327 e. The monoisotopic (exact) mass is 186 g/mol. The summed E-state index contributed by atoms with van der Waals surface area (Å²) in [5.41, 5.74) is 0. The minimum atomic E-state index is -0.902. The number of hydrogen-bond acceptors (Lipinski definition) is 4. The quantitative estimate of drug-likeness (QED) is 0.651. The average molecular weight is 186 g/mol. The summed E-state index contributed by atoms with van der Waals surface area (Å²) in [4.78, 5) is 10.8. The molecule has 0 aromatic carbocycles. The lowest BCUT2D eigenvalue weighted by Crippen LogP contribution is -2.53. The normalized spacial score (nSPS) is 37.8. The van der Waals surface area contributed by atoms with Gasteiger partial charge in [0.1, 0.15) is 5.78 Å². The Morgan fingerprint density at radius 3 is 2.31 bits per heavy atom. The molecule has 0 aromatic rings. The van der Waals surface area contributed by atoms with Gasteiger partial charge in [0.25, 0.3) is 5.97 Å². The molecule has 3 fully saturated rings. The lowest BCUT2D eigenvalue weighted by Gasteiger charge is -2.45. The maximum Gasteiger partial charge on any atom is 0.283 e. The molecular weight excluding hydrogens is 172 g/mol. The molecule has 0 aromatic heterocycles. The van der Waals surface area contributed by atoms with E-state index in [2.05, 4.69) is 0 Å². The summed E-state index contributed by atoms with van der Waals surface area (Å²) in [5, 5.41) is 0. The lowest BCUT2D eigenvalue weighted by atomic mass is 10.1. The van der Waals surface area contributed by atoms with Gasteiger partial charge in [0.15, 0.2) is 0 Å². The molecular formula is C9H14O4. The second-order valence-corrected chi connectivity index (χ2v) is 3.68. The topological polar surface area (TPSA) is 44.8 Å². The molecule has 0 spiro atoms. The van der Waals surface area contributed by atoms with Gasteiger partial charge in [-0.3, -0.25) is 0 Å². The first-order valence-corrected chi connectivity index (χ1v) is 4.61. The number of ether oxygens (including phenoxy) is 3. The van der Waals surface area contributed by atoms with Gasteiger partial charge in [-0.1, -0.05) is 0 Å². The third kappa shape index (κ3) is 1.90. The largest absolute Gasteiger partial charge is 0.327 e. The van der Waals surface area contributed by atoms with Crippen molar-refractivity contribution in [1.82, 2.24) is 0 Å². The zero-order chi connectivity index (χ0) is 9.31. The van der Waals surface area contributed by atoms with E-state index in [-0.39, 0.29) is 5.78 Å². The van der Waals surface area contributed by atoms with Crippen LogP contribution in [0.3, 0.4) is 0 Å². The predicted octanol–water partition coefficient (Wildman–Crippen LogP) is 0.703. The molecule has 0 aliphatic carbocycles. The Kier molecular flexibility index (Phi) is 2.36. The first-order valence-electron chi connectivity index (χ1n) is 4.61. The zero-order valence-corrected chi connectivity index (χ0v) is 7.75. The van der Waals surface area contributed by atoms with Gasteiger partial charge >= 0.3 is 0 Å². The van der Waals surface area contributed by atoms with Crippen LogP contribution >= 0.6 is 0 Å². The van der Waals surface area contributed by atoms with Gasteiger partial charge < -0.3 is 19.0 Å². The molecule has 0 atom stereocenters. The van der Waals surface area contributed by atoms with Gasteiger partial charge in [0.05, 0.1) is 19.8 Å². The molecule has 3 rings (SSSR count). The van der Waals surface area contributed by atoms with Crippen LogP contribution in [0, 0.1) is 5.92 Å². The van der Waals surface area contributed by atoms with Crippen molar-refractivity contribution in [1.29, 1.82) is 0 Å². The molecule has 3 saturated heterocycles. The highest BCUT2D eigenvalue weighted by atomic mass is 16.9. The van der Waals surface area contributed by atoms with Crippen LogP contribution in [-0.2, 0) is 19.0 Å². The number of hydrogen-bond donors (Lipinski definition) is 0. The predicted molar refractivity (Wildman–Crippen MR) is 44.0 cm³/mol. The standard InChI is InChI=1S/C9H14O4/c1-7(10)2-3-9-11-4-8(5-12-9)6-13-9/h8H,2-6H2,1H3. The van der Waals surface area contributed by atoms with Gasteiger partial charge in [-0.25, -0.2) is 0 Å². The molecule has 4 heteroatoms. The molecule has 3 heterocycles. The highest BCUT2D eigenvalue weighted by Crippen LogP contribution is 2.33. The maximum absolute atomic E-state index is 10.8. The van der Waals surface area contributed by atoms with E-state index in [1.807, 2.05) is 0 Å². The van der Waals surface area contributed by atoms with Crippen LogP contribution in [0.5, 0.6) is 0 Å². The van der Waals surface area contributed by atoms with Crippen molar-refractivity contribution in [2.75, 3.05) is 19.8 Å². The Morgan fingerprint density at radius 1 is 1.31 bits per heavy atom. The fourth-order valence-electron chi connectivity index (χ4n) is 1.55. The number of carbonyl (C=O) groups is 1. The summed E-state index contributed by atoms with van der Waals surface area (Å²) < 4.78 is 16.3.